The van der Waals surface area contributed by atoms with E-state index in [4.69, 9.17) is 4.74 Å². The van der Waals surface area contributed by atoms with E-state index in [1.807, 2.05) is 6.07 Å². The smallest absolute Gasteiger partial charge is 0.122 e. The van der Waals surface area contributed by atoms with Gasteiger partial charge in [0.2, 0.25) is 0 Å². The number of ether oxygens (including phenoxy) is 1. The lowest BCUT2D eigenvalue weighted by atomic mass is 10.1. The summed E-state index contributed by atoms with van der Waals surface area (Å²) in [5.74, 6) is 0.992. The van der Waals surface area contributed by atoms with E-state index in [2.05, 4.69) is 38.2 Å². The van der Waals surface area contributed by atoms with Crippen molar-refractivity contribution in [1.29, 1.82) is 0 Å². The molecule has 0 aromatic heterocycles. The lowest BCUT2D eigenvalue weighted by Gasteiger charge is -2.11. The maximum atomic E-state index is 5.33. The fourth-order valence-corrected chi connectivity index (χ4v) is 1.60. The minimum Gasteiger partial charge on any atom is -0.496 e. The lowest BCUT2D eigenvalue weighted by molar-refractivity contribution is 0.408. The number of methoxy groups -OCH3 is 1. The zero-order valence-corrected chi connectivity index (χ0v) is 10.1. The standard InChI is InChI=1S/C13H21NO/c1-10(2)14-8-7-12-9-11(3)5-6-13(12)15-4/h5-6,9-10,14H,7-8H2,1-4H3. The molecule has 1 rings (SSSR count). The van der Waals surface area contributed by atoms with Gasteiger partial charge in [0, 0.05) is 6.04 Å². The zero-order chi connectivity index (χ0) is 11.3. The molecule has 0 unspecified atom stereocenters. The first-order valence-electron chi connectivity index (χ1n) is 5.50. The number of benzene rings is 1. The van der Waals surface area contributed by atoms with Crippen LogP contribution in [0.25, 0.3) is 0 Å². The molecular weight excluding hydrogens is 186 g/mol. The van der Waals surface area contributed by atoms with Gasteiger partial charge in [0.25, 0.3) is 0 Å². The van der Waals surface area contributed by atoms with Crippen LogP contribution in [-0.2, 0) is 6.42 Å². The third kappa shape index (κ3) is 3.92. The Morgan fingerprint density at radius 3 is 2.67 bits per heavy atom. The summed E-state index contributed by atoms with van der Waals surface area (Å²) in [5.41, 5.74) is 2.57. The van der Waals surface area contributed by atoms with Gasteiger partial charge in [-0.25, -0.2) is 0 Å². The predicted octanol–water partition coefficient (Wildman–Crippen LogP) is 2.54. The second-order valence-corrected chi connectivity index (χ2v) is 4.17. The molecule has 1 aromatic carbocycles. The van der Waals surface area contributed by atoms with E-state index in [0.717, 1.165) is 18.7 Å². The number of hydrogen-bond donors (Lipinski definition) is 1. The number of aryl methyl sites for hydroxylation is 1. The highest BCUT2D eigenvalue weighted by Crippen LogP contribution is 2.19. The summed E-state index contributed by atoms with van der Waals surface area (Å²) in [6, 6.07) is 6.86. The Kier molecular flexibility index (Phi) is 4.63. The van der Waals surface area contributed by atoms with Crippen LogP contribution < -0.4 is 10.1 Å². The van der Waals surface area contributed by atoms with Gasteiger partial charge in [-0.3, -0.25) is 0 Å². The average Bonchev–Trinajstić information content (AvgIpc) is 2.17. The highest BCUT2D eigenvalue weighted by molar-refractivity contribution is 5.37. The Hall–Kier alpha value is -1.02. The van der Waals surface area contributed by atoms with Crippen LogP contribution in [0.3, 0.4) is 0 Å². The van der Waals surface area contributed by atoms with Crippen LogP contribution in [0.5, 0.6) is 5.75 Å². The minimum absolute atomic E-state index is 0.542. The molecule has 0 atom stereocenters. The molecule has 0 amide bonds. The van der Waals surface area contributed by atoms with Gasteiger partial charge in [-0.1, -0.05) is 31.5 Å². The molecular formula is C13H21NO. The van der Waals surface area contributed by atoms with Gasteiger partial charge < -0.3 is 10.1 Å². The molecule has 1 N–H and O–H groups in total. The van der Waals surface area contributed by atoms with E-state index < -0.39 is 0 Å². The Labute approximate surface area is 92.6 Å². The van der Waals surface area contributed by atoms with Crippen molar-refractivity contribution in [2.24, 2.45) is 0 Å². The molecule has 2 heteroatoms. The Bertz CT molecular complexity index is 307. The van der Waals surface area contributed by atoms with Gasteiger partial charge >= 0.3 is 0 Å². The fourth-order valence-electron chi connectivity index (χ4n) is 1.60. The van der Waals surface area contributed by atoms with Crippen molar-refractivity contribution in [3.63, 3.8) is 0 Å². The Morgan fingerprint density at radius 1 is 1.33 bits per heavy atom. The van der Waals surface area contributed by atoms with E-state index in [-0.39, 0.29) is 0 Å². The highest BCUT2D eigenvalue weighted by atomic mass is 16.5. The summed E-state index contributed by atoms with van der Waals surface area (Å²) in [5, 5.41) is 3.41. The van der Waals surface area contributed by atoms with E-state index >= 15 is 0 Å². The van der Waals surface area contributed by atoms with E-state index in [1.54, 1.807) is 7.11 Å². The maximum Gasteiger partial charge on any atom is 0.122 e. The molecule has 0 aliphatic carbocycles. The van der Waals surface area contributed by atoms with Crippen LogP contribution in [0, 0.1) is 6.92 Å². The molecule has 84 valence electrons. The van der Waals surface area contributed by atoms with Crippen molar-refractivity contribution >= 4 is 0 Å². The lowest BCUT2D eigenvalue weighted by Crippen LogP contribution is -2.25. The molecule has 0 aliphatic rings. The topological polar surface area (TPSA) is 21.3 Å². The highest BCUT2D eigenvalue weighted by Gasteiger charge is 2.02. The molecule has 0 heterocycles. The van der Waals surface area contributed by atoms with Crippen LogP contribution in [0.2, 0.25) is 0 Å². The predicted molar refractivity (Wildman–Crippen MR) is 64.6 cm³/mol. The second-order valence-electron chi connectivity index (χ2n) is 4.17. The maximum absolute atomic E-state index is 5.33. The van der Waals surface area contributed by atoms with Crippen LogP contribution in [-0.4, -0.2) is 19.7 Å². The molecule has 15 heavy (non-hydrogen) atoms. The molecule has 0 saturated heterocycles. The summed E-state index contributed by atoms with van der Waals surface area (Å²) in [7, 11) is 1.73. The Balaban J connectivity index is 2.62. The van der Waals surface area contributed by atoms with Crippen molar-refractivity contribution in [3.8, 4) is 5.75 Å². The van der Waals surface area contributed by atoms with E-state index in [1.165, 1.54) is 11.1 Å². The van der Waals surface area contributed by atoms with Crippen LogP contribution >= 0.6 is 0 Å². The first kappa shape index (κ1) is 12.1. The zero-order valence-electron chi connectivity index (χ0n) is 10.1. The first-order chi connectivity index (χ1) is 7.13. The van der Waals surface area contributed by atoms with Gasteiger partial charge in [0.1, 0.15) is 5.75 Å². The summed E-state index contributed by atoms with van der Waals surface area (Å²) < 4.78 is 5.33. The second kappa shape index (κ2) is 5.76. The third-order valence-electron chi connectivity index (χ3n) is 2.38. The average molecular weight is 207 g/mol. The van der Waals surface area contributed by atoms with Crippen molar-refractivity contribution < 1.29 is 4.74 Å². The van der Waals surface area contributed by atoms with Crippen LogP contribution in [0.4, 0.5) is 0 Å². The van der Waals surface area contributed by atoms with Gasteiger partial charge in [0.15, 0.2) is 0 Å². The summed E-state index contributed by atoms with van der Waals surface area (Å²) in [4.78, 5) is 0. The van der Waals surface area contributed by atoms with Crippen molar-refractivity contribution in [2.45, 2.75) is 33.2 Å². The molecule has 0 aliphatic heterocycles. The SMILES string of the molecule is COc1ccc(C)cc1CCNC(C)C. The molecule has 0 saturated carbocycles. The van der Waals surface area contributed by atoms with Gasteiger partial charge in [0.05, 0.1) is 7.11 Å². The minimum atomic E-state index is 0.542. The quantitative estimate of drug-likeness (QED) is 0.801. The van der Waals surface area contributed by atoms with E-state index in [9.17, 15) is 0 Å². The molecule has 0 spiro atoms. The normalized spacial score (nSPS) is 10.7. The van der Waals surface area contributed by atoms with Crippen LogP contribution in [0.15, 0.2) is 18.2 Å². The summed E-state index contributed by atoms with van der Waals surface area (Å²) >= 11 is 0. The largest absolute Gasteiger partial charge is 0.496 e. The molecule has 1 aromatic rings. The van der Waals surface area contributed by atoms with Crippen molar-refractivity contribution in [3.05, 3.63) is 29.3 Å². The Morgan fingerprint density at radius 2 is 2.07 bits per heavy atom. The van der Waals surface area contributed by atoms with Gasteiger partial charge in [-0.15, -0.1) is 0 Å². The van der Waals surface area contributed by atoms with Crippen molar-refractivity contribution in [2.75, 3.05) is 13.7 Å². The fraction of sp³-hybridized carbons (Fsp3) is 0.538. The molecule has 2 nitrogen and oxygen atoms in total. The summed E-state index contributed by atoms with van der Waals surface area (Å²) in [6.07, 6.45) is 1.02. The third-order valence-corrected chi connectivity index (χ3v) is 2.38. The molecule has 0 bridgehead atoms. The molecule has 0 radical (unpaired) electrons. The first-order valence-corrected chi connectivity index (χ1v) is 5.50. The van der Waals surface area contributed by atoms with Crippen molar-refractivity contribution in [1.82, 2.24) is 5.32 Å². The monoisotopic (exact) mass is 207 g/mol. The van der Waals surface area contributed by atoms with Crippen LogP contribution in [0.1, 0.15) is 25.0 Å². The number of rotatable bonds is 5. The molecule has 0 fully saturated rings. The number of nitrogens with one attached hydrogen (secondary N) is 1. The van der Waals surface area contributed by atoms with Gasteiger partial charge in [-0.05, 0) is 31.5 Å². The number of hydrogen-bond acceptors (Lipinski definition) is 2. The summed E-state index contributed by atoms with van der Waals surface area (Å²) in [6.45, 7) is 7.43. The van der Waals surface area contributed by atoms with E-state index in [0.29, 0.717) is 6.04 Å². The van der Waals surface area contributed by atoms with Gasteiger partial charge in [-0.2, -0.15) is 0 Å².